The van der Waals surface area contributed by atoms with E-state index in [1.165, 1.54) is 53.2 Å². The van der Waals surface area contributed by atoms with Crippen LogP contribution in [0.15, 0.2) is 107 Å². The number of nitro benzene ring substituents is 1. The molecule has 1 aromatic heterocycles. The summed E-state index contributed by atoms with van der Waals surface area (Å²) >= 11 is 0. The van der Waals surface area contributed by atoms with Gasteiger partial charge in [0.05, 0.1) is 16.3 Å². The van der Waals surface area contributed by atoms with Crippen LogP contribution in [0.3, 0.4) is 0 Å². The SMILES string of the molecule is CN(CCCCCCn1c2ccccc2c2ccccc21)c1ccc(N=Nc2ccc([N+](=O)[O-])cc2)cc1. The quantitative estimate of drug-likeness (QED) is 0.0779. The van der Waals surface area contributed by atoms with Gasteiger partial charge in [-0.15, -0.1) is 0 Å². The molecule has 0 fully saturated rings. The molecular weight excluding hydrogens is 474 g/mol. The Morgan fingerprint density at radius 2 is 1.24 bits per heavy atom. The highest BCUT2D eigenvalue weighted by molar-refractivity contribution is 6.07. The number of hydrogen-bond acceptors (Lipinski definition) is 5. The molecule has 0 saturated heterocycles. The van der Waals surface area contributed by atoms with Gasteiger partial charge in [0.25, 0.3) is 5.69 Å². The van der Waals surface area contributed by atoms with E-state index in [1.807, 2.05) is 24.3 Å². The van der Waals surface area contributed by atoms with Crippen LogP contribution < -0.4 is 4.90 Å². The van der Waals surface area contributed by atoms with Crippen LogP contribution in [0.1, 0.15) is 25.7 Å². The lowest BCUT2D eigenvalue weighted by Gasteiger charge is -2.19. The van der Waals surface area contributed by atoms with Gasteiger partial charge in [-0.25, -0.2) is 0 Å². The largest absolute Gasteiger partial charge is 0.375 e. The van der Waals surface area contributed by atoms with E-state index in [4.69, 9.17) is 0 Å². The molecule has 0 spiro atoms. The Morgan fingerprint density at radius 1 is 0.711 bits per heavy atom. The first-order chi connectivity index (χ1) is 18.6. The Morgan fingerprint density at radius 3 is 1.82 bits per heavy atom. The summed E-state index contributed by atoms with van der Waals surface area (Å²) in [6.45, 7) is 2.04. The molecule has 0 N–H and O–H groups in total. The van der Waals surface area contributed by atoms with Gasteiger partial charge in [0.15, 0.2) is 0 Å². The topological polar surface area (TPSA) is 76.0 Å². The van der Waals surface area contributed by atoms with E-state index < -0.39 is 4.92 Å². The second-order valence-electron chi connectivity index (χ2n) is 9.51. The Labute approximate surface area is 222 Å². The number of fused-ring (bicyclic) bond motifs is 3. The van der Waals surface area contributed by atoms with Gasteiger partial charge in [0.2, 0.25) is 0 Å². The molecule has 0 radical (unpaired) electrons. The highest BCUT2D eigenvalue weighted by atomic mass is 16.6. The number of benzene rings is 4. The average molecular weight is 506 g/mol. The standard InChI is InChI=1S/C31H31N5O2/c1-34(26-18-14-24(15-19-26)32-33-25-16-20-27(21-17-25)36(37)38)22-8-2-3-9-23-35-30-12-6-4-10-28(30)29-11-5-7-13-31(29)35/h4-7,10-21H,2-3,8-9,22-23H2,1H3. The minimum Gasteiger partial charge on any atom is -0.375 e. The van der Waals surface area contributed by atoms with Crippen molar-refractivity contribution in [1.29, 1.82) is 0 Å². The van der Waals surface area contributed by atoms with Gasteiger partial charge in [-0.2, -0.15) is 10.2 Å². The van der Waals surface area contributed by atoms with E-state index in [9.17, 15) is 10.1 Å². The molecule has 0 atom stereocenters. The number of aromatic nitrogens is 1. The molecule has 0 unspecified atom stereocenters. The summed E-state index contributed by atoms with van der Waals surface area (Å²) in [6, 6.07) is 31.4. The van der Waals surface area contributed by atoms with Gasteiger partial charge in [0.1, 0.15) is 0 Å². The second kappa shape index (κ2) is 11.7. The molecular formula is C31H31N5O2. The summed E-state index contributed by atoms with van der Waals surface area (Å²) in [5.74, 6) is 0. The van der Waals surface area contributed by atoms with Crippen LogP contribution in [0.5, 0.6) is 0 Å². The molecule has 7 heteroatoms. The summed E-state index contributed by atoms with van der Waals surface area (Å²) in [7, 11) is 2.12. The van der Waals surface area contributed by atoms with Crippen LogP contribution in [0.4, 0.5) is 22.7 Å². The van der Waals surface area contributed by atoms with Crippen molar-refractivity contribution >= 4 is 44.6 Å². The van der Waals surface area contributed by atoms with E-state index in [-0.39, 0.29) is 5.69 Å². The van der Waals surface area contributed by atoms with Crippen molar-refractivity contribution < 1.29 is 4.92 Å². The van der Waals surface area contributed by atoms with E-state index in [2.05, 4.69) is 75.3 Å². The third kappa shape index (κ3) is 5.72. The maximum absolute atomic E-state index is 10.8. The minimum absolute atomic E-state index is 0.0412. The fraction of sp³-hybridized carbons (Fsp3) is 0.226. The lowest BCUT2D eigenvalue weighted by Crippen LogP contribution is -2.18. The van der Waals surface area contributed by atoms with Gasteiger partial charge in [-0.05, 0) is 61.4 Å². The van der Waals surface area contributed by atoms with Crippen LogP contribution in [0.25, 0.3) is 21.8 Å². The number of nitro groups is 1. The molecule has 4 aromatic carbocycles. The number of non-ortho nitro benzene ring substituents is 1. The smallest absolute Gasteiger partial charge is 0.269 e. The first kappa shape index (κ1) is 25.1. The van der Waals surface area contributed by atoms with Crippen LogP contribution in [0.2, 0.25) is 0 Å². The van der Waals surface area contributed by atoms with Crippen LogP contribution >= 0.6 is 0 Å². The summed E-state index contributed by atoms with van der Waals surface area (Å²) in [6.07, 6.45) is 4.71. The number of aryl methyl sites for hydroxylation is 1. The van der Waals surface area contributed by atoms with Gasteiger partial charge in [-0.3, -0.25) is 10.1 Å². The Bertz CT molecular complexity index is 1500. The molecule has 192 valence electrons. The summed E-state index contributed by atoms with van der Waals surface area (Å²) < 4.78 is 2.47. The van der Waals surface area contributed by atoms with Crippen LogP contribution in [-0.2, 0) is 6.54 Å². The Kier molecular flexibility index (Phi) is 7.73. The van der Waals surface area contributed by atoms with Gasteiger partial charge < -0.3 is 9.47 Å². The molecule has 0 aliphatic heterocycles. The first-order valence-electron chi connectivity index (χ1n) is 13.0. The van der Waals surface area contributed by atoms with Crippen LogP contribution in [0, 0.1) is 10.1 Å². The molecule has 5 aromatic rings. The first-order valence-corrected chi connectivity index (χ1v) is 13.0. The van der Waals surface area contributed by atoms with E-state index in [1.54, 1.807) is 12.1 Å². The molecule has 5 rings (SSSR count). The highest BCUT2D eigenvalue weighted by Gasteiger charge is 2.09. The molecule has 0 amide bonds. The molecule has 0 aliphatic rings. The van der Waals surface area contributed by atoms with E-state index in [0.717, 1.165) is 30.9 Å². The van der Waals surface area contributed by atoms with Gasteiger partial charge >= 0.3 is 0 Å². The number of rotatable bonds is 11. The highest BCUT2D eigenvalue weighted by Crippen LogP contribution is 2.29. The van der Waals surface area contributed by atoms with Gasteiger partial charge in [0, 0.05) is 59.8 Å². The third-order valence-electron chi connectivity index (χ3n) is 6.94. The van der Waals surface area contributed by atoms with Crippen molar-refractivity contribution in [2.24, 2.45) is 10.2 Å². The number of unbranched alkanes of at least 4 members (excludes halogenated alkanes) is 3. The maximum atomic E-state index is 10.8. The monoisotopic (exact) mass is 505 g/mol. The van der Waals surface area contributed by atoms with Gasteiger partial charge in [-0.1, -0.05) is 49.2 Å². The number of nitrogens with zero attached hydrogens (tertiary/aromatic N) is 5. The molecule has 0 bridgehead atoms. The second-order valence-corrected chi connectivity index (χ2v) is 9.51. The Balaban J connectivity index is 1.07. The predicted octanol–water partition coefficient (Wildman–Crippen LogP) is 8.81. The van der Waals surface area contributed by atoms with E-state index >= 15 is 0 Å². The summed E-state index contributed by atoms with van der Waals surface area (Å²) in [5.41, 5.74) is 5.15. The van der Waals surface area contributed by atoms with Crippen molar-refractivity contribution in [2.75, 3.05) is 18.5 Å². The fourth-order valence-electron chi connectivity index (χ4n) is 4.88. The number of para-hydroxylation sites is 2. The van der Waals surface area contributed by atoms with Crippen molar-refractivity contribution in [2.45, 2.75) is 32.2 Å². The fourth-order valence-corrected chi connectivity index (χ4v) is 4.88. The zero-order valence-electron chi connectivity index (χ0n) is 21.5. The van der Waals surface area contributed by atoms with Crippen LogP contribution in [-0.4, -0.2) is 23.1 Å². The zero-order chi connectivity index (χ0) is 26.3. The lowest BCUT2D eigenvalue weighted by molar-refractivity contribution is -0.384. The maximum Gasteiger partial charge on any atom is 0.269 e. The zero-order valence-corrected chi connectivity index (χ0v) is 21.5. The average Bonchev–Trinajstić information content (AvgIpc) is 3.28. The predicted molar refractivity (Wildman–Crippen MR) is 155 cm³/mol. The third-order valence-corrected chi connectivity index (χ3v) is 6.94. The molecule has 1 heterocycles. The molecule has 7 nitrogen and oxygen atoms in total. The van der Waals surface area contributed by atoms with E-state index in [0.29, 0.717) is 5.69 Å². The van der Waals surface area contributed by atoms with Crippen molar-refractivity contribution in [1.82, 2.24) is 4.57 Å². The van der Waals surface area contributed by atoms with Crippen molar-refractivity contribution in [3.05, 3.63) is 107 Å². The van der Waals surface area contributed by atoms with Crippen molar-refractivity contribution in [3.8, 4) is 0 Å². The normalized spacial score (nSPS) is 11.5. The number of anilines is 1. The minimum atomic E-state index is -0.427. The number of azo groups is 1. The van der Waals surface area contributed by atoms with Crippen molar-refractivity contribution in [3.63, 3.8) is 0 Å². The summed E-state index contributed by atoms with van der Waals surface area (Å²) in [4.78, 5) is 12.6. The molecule has 38 heavy (non-hydrogen) atoms. The Hall–Kier alpha value is -4.52. The molecule has 0 saturated carbocycles. The number of hydrogen-bond donors (Lipinski definition) is 0. The summed E-state index contributed by atoms with van der Waals surface area (Å²) in [5, 5.41) is 21.8. The molecule has 0 aliphatic carbocycles. The lowest BCUT2D eigenvalue weighted by atomic mass is 10.1.